The molecular formula is C11H19NO. The minimum Gasteiger partial charge on any atom is -0.378 e. The highest BCUT2D eigenvalue weighted by atomic mass is 16.5. The normalized spacial score (nSPS) is 43.4. The summed E-state index contributed by atoms with van der Waals surface area (Å²) in [6.45, 7) is 5.49. The lowest BCUT2D eigenvalue weighted by Crippen LogP contribution is -2.52. The molecule has 2 unspecified atom stereocenters. The van der Waals surface area contributed by atoms with Crippen LogP contribution in [0.2, 0.25) is 0 Å². The van der Waals surface area contributed by atoms with E-state index in [0.29, 0.717) is 0 Å². The second-order valence-electron chi connectivity index (χ2n) is 4.90. The maximum Gasteiger partial charge on any atom is 0.0645 e. The Labute approximate surface area is 80.2 Å². The van der Waals surface area contributed by atoms with E-state index < -0.39 is 0 Å². The van der Waals surface area contributed by atoms with Crippen molar-refractivity contribution < 1.29 is 4.74 Å². The van der Waals surface area contributed by atoms with Crippen LogP contribution in [0.15, 0.2) is 0 Å². The van der Waals surface area contributed by atoms with Crippen LogP contribution in [-0.4, -0.2) is 36.7 Å². The standard InChI is InChI=1S/C11H19NO/c1-2-12(11-6-13-7-11)10-4-8-3-9(8)5-10/h8-11H,2-7H2,1H3/t8-,9?,10?/m0/s1. The van der Waals surface area contributed by atoms with Crippen molar-refractivity contribution in [1.29, 1.82) is 0 Å². The van der Waals surface area contributed by atoms with Gasteiger partial charge in [0.2, 0.25) is 0 Å². The Kier molecular flexibility index (Phi) is 1.88. The second kappa shape index (κ2) is 2.96. The third-order valence-corrected chi connectivity index (χ3v) is 4.14. The van der Waals surface area contributed by atoms with Crippen LogP contribution in [0.4, 0.5) is 0 Å². The van der Waals surface area contributed by atoms with E-state index in [1.165, 1.54) is 25.8 Å². The molecule has 0 spiro atoms. The molecule has 0 aromatic rings. The monoisotopic (exact) mass is 181 g/mol. The molecule has 3 rings (SSSR count). The molecule has 74 valence electrons. The summed E-state index contributed by atoms with van der Waals surface area (Å²) in [6.07, 6.45) is 4.50. The molecule has 1 saturated heterocycles. The van der Waals surface area contributed by atoms with Gasteiger partial charge in [0.15, 0.2) is 0 Å². The van der Waals surface area contributed by atoms with Crippen LogP contribution in [0, 0.1) is 11.8 Å². The molecule has 0 aromatic carbocycles. The molecule has 2 nitrogen and oxygen atoms in total. The number of rotatable bonds is 3. The number of fused-ring (bicyclic) bond motifs is 1. The van der Waals surface area contributed by atoms with Crippen LogP contribution < -0.4 is 0 Å². The largest absolute Gasteiger partial charge is 0.378 e. The predicted molar refractivity (Wildman–Crippen MR) is 51.6 cm³/mol. The third kappa shape index (κ3) is 1.31. The molecule has 3 fully saturated rings. The van der Waals surface area contributed by atoms with Crippen LogP contribution >= 0.6 is 0 Å². The molecule has 0 amide bonds. The van der Waals surface area contributed by atoms with Crippen molar-refractivity contribution in [3.63, 3.8) is 0 Å². The highest BCUT2D eigenvalue weighted by Crippen LogP contribution is 2.53. The summed E-state index contributed by atoms with van der Waals surface area (Å²) in [4.78, 5) is 2.69. The Hall–Kier alpha value is -0.0800. The van der Waals surface area contributed by atoms with E-state index in [1.54, 1.807) is 0 Å². The van der Waals surface area contributed by atoms with Crippen molar-refractivity contribution in [2.75, 3.05) is 19.8 Å². The minimum atomic E-state index is 0.757. The van der Waals surface area contributed by atoms with Crippen molar-refractivity contribution in [3.05, 3.63) is 0 Å². The molecule has 0 aromatic heterocycles. The average Bonchev–Trinajstić information content (AvgIpc) is 2.66. The van der Waals surface area contributed by atoms with Crippen LogP contribution in [0.25, 0.3) is 0 Å². The lowest BCUT2D eigenvalue weighted by Gasteiger charge is -2.41. The average molecular weight is 181 g/mol. The summed E-state index contributed by atoms with van der Waals surface area (Å²) < 4.78 is 5.27. The zero-order valence-corrected chi connectivity index (χ0v) is 8.41. The van der Waals surface area contributed by atoms with E-state index >= 15 is 0 Å². The summed E-state index contributed by atoms with van der Waals surface area (Å²) >= 11 is 0. The van der Waals surface area contributed by atoms with Crippen LogP contribution in [0.5, 0.6) is 0 Å². The number of nitrogens with zero attached hydrogens (tertiary/aromatic N) is 1. The van der Waals surface area contributed by atoms with Gasteiger partial charge in [0.25, 0.3) is 0 Å². The Morgan fingerprint density at radius 1 is 1.08 bits per heavy atom. The van der Waals surface area contributed by atoms with Crippen molar-refractivity contribution in [1.82, 2.24) is 4.90 Å². The smallest absolute Gasteiger partial charge is 0.0645 e. The number of hydrogen-bond donors (Lipinski definition) is 0. The molecule has 0 bridgehead atoms. The van der Waals surface area contributed by atoms with Crippen molar-refractivity contribution >= 4 is 0 Å². The van der Waals surface area contributed by atoms with E-state index in [-0.39, 0.29) is 0 Å². The lowest BCUT2D eigenvalue weighted by molar-refractivity contribution is -0.0781. The van der Waals surface area contributed by atoms with E-state index in [2.05, 4.69) is 11.8 Å². The first kappa shape index (κ1) is 8.25. The van der Waals surface area contributed by atoms with E-state index in [4.69, 9.17) is 4.74 Å². The highest BCUT2D eigenvalue weighted by molar-refractivity contribution is 5.00. The van der Waals surface area contributed by atoms with Crippen molar-refractivity contribution in [3.8, 4) is 0 Å². The van der Waals surface area contributed by atoms with Gasteiger partial charge in [-0.2, -0.15) is 0 Å². The predicted octanol–water partition coefficient (Wildman–Crippen LogP) is 1.51. The maximum absolute atomic E-state index is 5.27. The first-order chi connectivity index (χ1) is 6.38. The van der Waals surface area contributed by atoms with Crippen LogP contribution in [0.1, 0.15) is 26.2 Å². The minimum absolute atomic E-state index is 0.757. The molecule has 3 aliphatic rings. The summed E-state index contributed by atoms with van der Waals surface area (Å²) in [5.74, 6) is 2.22. The molecule has 2 heteroatoms. The highest BCUT2D eigenvalue weighted by Gasteiger charge is 2.48. The topological polar surface area (TPSA) is 12.5 Å². The van der Waals surface area contributed by atoms with E-state index in [0.717, 1.165) is 37.1 Å². The van der Waals surface area contributed by atoms with Crippen LogP contribution in [0.3, 0.4) is 0 Å². The van der Waals surface area contributed by atoms with E-state index in [1.807, 2.05) is 0 Å². The Morgan fingerprint density at radius 2 is 1.77 bits per heavy atom. The number of hydrogen-bond acceptors (Lipinski definition) is 2. The molecule has 1 heterocycles. The molecule has 2 saturated carbocycles. The molecule has 13 heavy (non-hydrogen) atoms. The first-order valence-electron chi connectivity index (χ1n) is 5.72. The summed E-state index contributed by atoms with van der Waals surface area (Å²) in [7, 11) is 0. The fourth-order valence-electron chi connectivity index (χ4n) is 3.18. The summed E-state index contributed by atoms with van der Waals surface area (Å²) in [5, 5.41) is 0. The molecule has 1 aliphatic heterocycles. The summed E-state index contributed by atoms with van der Waals surface area (Å²) in [5.41, 5.74) is 0. The first-order valence-corrected chi connectivity index (χ1v) is 5.72. The Bertz CT molecular complexity index is 192. The van der Waals surface area contributed by atoms with Crippen LogP contribution in [-0.2, 0) is 4.74 Å². The zero-order chi connectivity index (χ0) is 8.84. The molecule has 0 N–H and O–H groups in total. The van der Waals surface area contributed by atoms with Gasteiger partial charge in [-0.3, -0.25) is 4.90 Å². The van der Waals surface area contributed by atoms with Gasteiger partial charge in [-0.25, -0.2) is 0 Å². The van der Waals surface area contributed by atoms with E-state index in [9.17, 15) is 0 Å². The fourth-order valence-corrected chi connectivity index (χ4v) is 3.18. The van der Waals surface area contributed by atoms with Gasteiger partial charge in [0.05, 0.1) is 19.3 Å². The fraction of sp³-hybridized carbons (Fsp3) is 1.00. The van der Waals surface area contributed by atoms with Gasteiger partial charge in [0.1, 0.15) is 0 Å². The molecule has 2 aliphatic carbocycles. The molecular weight excluding hydrogens is 162 g/mol. The van der Waals surface area contributed by atoms with Crippen molar-refractivity contribution in [2.24, 2.45) is 11.8 Å². The SMILES string of the molecule is CCN(C1COC1)C1CC2C[C@H]2C1. The quantitative estimate of drug-likeness (QED) is 0.654. The third-order valence-electron chi connectivity index (χ3n) is 4.14. The van der Waals surface area contributed by atoms with Gasteiger partial charge >= 0.3 is 0 Å². The maximum atomic E-state index is 5.27. The number of likely N-dealkylation sites (N-methyl/N-ethyl adjacent to an activating group) is 1. The van der Waals surface area contributed by atoms with Gasteiger partial charge in [-0.15, -0.1) is 0 Å². The van der Waals surface area contributed by atoms with Gasteiger partial charge in [-0.05, 0) is 37.6 Å². The second-order valence-corrected chi connectivity index (χ2v) is 4.90. The Morgan fingerprint density at radius 3 is 2.23 bits per heavy atom. The Balaban J connectivity index is 1.60. The van der Waals surface area contributed by atoms with Gasteiger partial charge < -0.3 is 4.74 Å². The van der Waals surface area contributed by atoms with Gasteiger partial charge in [0, 0.05) is 6.04 Å². The van der Waals surface area contributed by atoms with Gasteiger partial charge in [-0.1, -0.05) is 6.92 Å². The number of ether oxygens (including phenoxy) is 1. The zero-order valence-electron chi connectivity index (χ0n) is 8.41. The molecule has 0 radical (unpaired) electrons. The lowest BCUT2D eigenvalue weighted by atomic mass is 10.1. The van der Waals surface area contributed by atoms with Crippen molar-refractivity contribution in [2.45, 2.75) is 38.3 Å². The molecule has 3 atom stereocenters. The summed E-state index contributed by atoms with van der Waals surface area (Å²) in [6, 6.07) is 1.66.